The highest BCUT2D eigenvalue weighted by atomic mass is 16.5. The second-order valence-corrected chi connectivity index (χ2v) is 7.01. The lowest BCUT2D eigenvalue weighted by atomic mass is 10.1. The molecule has 1 heterocycles. The van der Waals surface area contributed by atoms with Crippen LogP contribution in [0.4, 0.5) is 0 Å². The van der Waals surface area contributed by atoms with Gasteiger partial charge < -0.3 is 10.1 Å². The average Bonchev–Trinajstić information content (AvgIpc) is 2.90. The number of carbonyl (C=O) groups is 3. The van der Waals surface area contributed by atoms with Crippen molar-refractivity contribution in [3.8, 4) is 5.75 Å². The lowest BCUT2D eigenvalue weighted by Crippen LogP contribution is -2.37. The van der Waals surface area contributed by atoms with E-state index in [1.165, 1.54) is 10.5 Å². The molecule has 6 nitrogen and oxygen atoms in total. The second kappa shape index (κ2) is 9.36. The largest absolute Gasteiger partial charge is 0.491 e. The lowest BCUT2D eigenvalue weighted by Gasteiger charge is -2.16. The minimum absolute atomic E-state index is 0.0269. The Morgan fingerprint density at radius 1 is 1.12 bits per heavy atom. The van der Waals surface area contributed by atoms with Crippen LogP contribution in [0.1, 0.15) is 52.0 Å². The minimum Gasteiger partial charge on any atom is -0.491 e. The van der Waals surface area contributed by atoms with Gasteiger partial charge in [0.2, 0.25) is 17.7 Å². The smallest absolute Gasteiger partial charge is 0.229 e. The fourth-order valence-corrected chi connectivity index (χ4v) is 2.89. The van der Waals surface area contributed by atoms with E-state index in [9.17, 15) is 14.4 Å². The highest BCUT2D eigenvalue weighted by Crippen LogP contribution is 2.15. The van der Waals surface area contributed by atoms with Gasteiger partial charge in [0.1, 0.15) is 5.75 Å². The maximum absolute atomic E-state index is 12.0. The molecule has 0 spiro atoms. The van der Waals surface area contributed by atoms with Crippen molar-refractivity contribution in [1.82, 2.24) is 10.2 Å². The number of hydrogen-bond acceptors (Lipinski definition) is 4. The van der Waals surface area contributed by atoms with Gasteiger partial charge in [-0.3, -0.25) is 19.3 Å². The number of nitrogens with one attached hydrogen (secondary N) is 1. The molecule has 0 aliphatic carbocycles. The first-order valence-corrected chi connectivity index (χ1v) is 9.23. The number of carbonyl (C=O) groups excluding carboxylic acids is 3. The van der Waals surface area contributed by atoms with E-state index in [0.717, 1.165) is 18.6 Å². The summed E-state index contributed by atoms with van der Waals surface area (Å²) in [5.74, 6) is 0.364. The molecular formula is C20H28N2O4. The molecular weight excluding hydrogens is 332 g/mol. The van der Waals surface area contributed by atoms with E-state index in [1.807, 2.05) is 45.0 Å². The molecule has 0 aromatic heterocycles. The number of likely N-dealkylation sites (tertiary alicyclic amines) is 1. The highest BCUT2D eigenvalue weighted by Gasteiger charge is 2.28. The van der Waals surface area contributed by atoms with Crippen LogP contribution < -0.4 is 10.1 Å². The predicted octanol–water partition coefficient (Wildman–Crippen LogP) is 2.45. The Morgan fingerprint density at radius 2 is 1.73 bits per heavy atom. The molecule has 1 aromatic carbocycles. The van der Waals surface area contributed by atoms with Crippen molar-refractivity contribution in [2.24, 2.45) is 0 Å². The van der Waals surface area contributed by atoms with Gasteiger partial charge in [0.25, 0.3) is 0 Å². The minimum atomic E-state index is -0.180. The zero-order valence-corrected chi connectivity index (χ0v) is 15.8. The Kier molecular flexibility index (Phi) is 7.18. The molecule has 0 bridgehead atoms. The van der Waals surface area contributed by atoms with Crippen molar-refractivity contribution in [3.63, 3.8) is 0 Å². The van der Waals surface area contributed by atoms with Crippen molar-refractivity contribution in [2.75, 3.05) is 6.54 Å². The molecule has 1 unspecified atom stereocenters. The van der Waals surface area contributed by atoms with Gasteiger partial charge in [-0.2, -0.15) is 0 Å². The number of benzene rings is 1. The van der Waals surface area contributed by atoms with Gasteiger partial charge in [0, 0.05) is 31.8 Å². The van der Waals surface area contributed by atoms with Crippen LogP contribution in [0.2, 0.25) is 0 Å². The van der Waals surface area contributed by atoms with Crippen molar-refractivity contribution in [1.29, 1.82) is 0 Å². The van der Waals surface area contributed by atoms with Gasteiger partial charge >= 0.3 is 0 Å². The van der Waals surface area contributed by atoms with Gasteiger partial charge in [-0.25, -0.2) is 0 Å². The van der Waals surface area contributed by atoms with E-state index >= 15 is 0 Å². The first kappa shape index (κ1) is 19.9. The van der Waals surface area contributed by atoms with Crippen molar-refractivity contribution in [2.45, 2.75) is 65.0 Å². The van der Waals surface area contributed by atoms with Crippen LogP contribution in [-0.4, -0.2) is 41.3 Å². The van der Waals surface area contributed by atoms with Crippen LogP contribution in [-0.2, 0) is 20.8 Å². The van der Waals surface area contributed by atoms with E-state index in [2.05, 4.69) is 5.32 Å². The first-order chi connectivity index (χ1) is 12.3. The topological polar surface area (TPSA) is 75.7 Å². The summed E-state index contributed by atoms with van der Waals surface area (Å²) in [5, 5.41) is 2.93. The molecule has 1 aromatic rings. The monoisotopic (exact) mass is 360 g/mol. The molecule has 1 saturated heterocycles. The molecule has 1 fully saturated rings. The number of ether oxygens (including phenoxy) is 1. The number of rotatable bonds is 9. The standard InChI is InChI=1S/C20H28N2O4/c1-14(2)26-17-8-6-16(7-9-17)5-4-15(3)21-18(23)12-13-22-19(24)10-11-20(22)25/h6-9,14-15H,4-5,10-13H2,1-3H3,(H,21,23). The Morgan fingerprint density at radius 3 is 2.31 bits per heavy atom. The number of amides is 3. The summed E-state index contributed by atoms with van der Waals surface area (Å²) in [5.41, 5.74) is 1.19. The third-order valence-electron chi connectivity index (χ3n) is 4.29. The zero-order chi connectivity index (χ0) is 19.1. The molecule has 142 valence electrons. The fraction of sp³-hybridized carbons (Fsp3) is 0.550. The summed E-state index contributed by atoms with van der Waals surface area (Å²) in [6, 6.07) is 8.03. The molecule has 0 saturated carbocycles. The fourth-order valence-electron chi connectivity index (χ4n) is 2.89. The number of nitrogens with zero attached hydrogens (tertiary/aromatic N) is 1. The van der Waals surface area contributed by atoms with Gasteiger partial charge in [-0.15, -0.1) is 0 Å². The third kappa shape index (κ3) is 6.17. The summed E-state index contributed by atoms with van der Waals surface area (Å²) in [4.78, 5) is 36.2. The van der Waals surface area contributed by atoms with Gasteiger partial charge in [0.05, 0.1) is 6.10 Å². The summed E-state index contributed by atoms with van der Waals surface area (Å²) in [7, 11) is 0. The summed E-state index contributed by atoms with van der Waals surface area (Å²) in [6.45, 7) is 6.12. The molecule has 1 N–H and O–H groups in total. The van der Waals surface area contributed by atoms with Crippen molar-refractivity contribution >= 4 is 17.7 Å². The van der Waals surface area contributed by atoms with Gasteiger partial charge in [-0.05, 0) is 51.3 Å². The van der Waals surface area contributed by atoms with Crippen LogP contribution in [0.5, 0.6) is 5.75 Å². The normalized spacial score (nSPS) is 15.5. The molecule has 6 heteroatoms. The van der Waals surface area contributed by atoms with Crippen LogP contribution in [0.3, 0.4) is 0 Å². The van der Waals surface area contributed by atoms with Crippen LogP contribution in [0.15, 0.2) is 24.3 Å². The molecule has 1 aliphatic rings. The molecule has 1 atom stereocenters. The number of hydrogen-bond donors (Lipinski definition) is 1. The molecule has 1 aliphatic heterocycles. The third-order valence-corrected chi connectivity index (χ3v) is 4.29. The Labute approximate surface area is 154 Å². The Bertz CT molecular complexity index is 624. The van der Waals surface area contributed by atoms with Gasteiger partial charge in [-0.1, -0.05) is 12.1 Å². The van der Waals surface area contributed by atoms with E-state index in [0.29, 0.717) is 0 Å². The average molecular weight is 360 g/mol. The van der Waals surface area contributed by atoms with Crippen LogP contribution in [0.25, 0.3) is 0 Å². The van der Waals surface area contributed by atoms with E-state index in [-0.39, 0.29) is 55.7 Å². The zero-order valence-electron chi connectivity index (χ0n) is 15.8. The SMILES string of the molecule is CC(CCc1ccc(OC(C)C)cc1)NC(=O)CCN1C(=O)CCC1=O. The molecule has 0 radical (unpaired) electrons. The van der Waals surface area contributed by atoms with Gasteiger partial charge in [0.15, 0.2) is 0 Å². The lowest BCUT2D eigenvalue weighted by molar-refractivity contribution is -0.138. The van der Waals surface area contributed by atoms with E-state index < -0.39 is 0 Å². The maximum atomic E-state index is 12.0. The first-order valence-electron chi connectivity index (χ1n) is 9.23. The Balaban J connectivity index is 1.69. The second-order valence-electron chi connectivity index (χ2n) is 7.01. The predicted molar refractivity (Wildman–Crippen MR) is 98.7 cm³/mol. The summed E-state index contributed by atoms with van der Waals surface area (Å²) in [6.07, 6.45) is 2.51. The summed E-state index contributed by atoms with van der Waals surface area (Å²) < 4.78 is 5.62. The molecule has 2 rings (SSSR count). The molecule has 26 heavy (non-hydrogen) atoms. The van der Waals surface area contributed by atoms with Crippen LogP contribution in [0, 0.1) is 0 Å². The van der Waals surface area contributed by atoms with E-state index in [4.69, 9.17) is 4.74 Å². The maximum Gasteiger partial charge on any atom is 0.229 e. The quantitative estimate of drug-likeness (QED) is 0.687. The highest BCUT2D eigenvalue weighted by molar-refractivity contribution is 6.02. The Hall–Kier alpha value is -2.37. The van der Waals surface area contributed by atoms with Crippen molar-refractivity contribution in [3.05, 3.63) is 29.8 Å². The van der Waals surface area contributed by atoms with Crippen LogP contribution >= 0.6 is 0 Å². The summed E-state index contributed by atoms with van der Waals surface area (Å²) >= 11 is 0. The van der Waals surface area contributed by atoms with E-state index in [1.54, 1.807) is 0 Å². The number of aryl methyl sites for hydroxylation is 1. The van der Waals surface area contributed by atoms with Crippen molar-refractivity contribution < 1.29 is 19.1 Å². The molecule has 3 amide bonds. The number of imide groups is 1.